The van der Waals surface area contributed by atoms with Crippen molar-refractivity contribution in [2.45, 2.75) is 32.0 Å². The maximum absolute atomic E-state index is 10.3. The molecule has 0 saturated carbocycles. The molecule has 0 aliphatic heterocycles. The Morgan fingerprint density at radius 2 is 2.00 bits per heavy atom. The average Bonchev–Trinajstić information content (AvgIpc) is 1.60. The SMILES string of the molecule is CC(C)(C)C[C@@H](Br)C(=O)O. The van der Waals surface area contributed by atoms with E-state index in [0.717, 1.165) is 0 Å². The van der Waals surface area contributed by atoms with Crippen molar-refractivity contribution < 1.29 is 9.90 Å². The maximum Gasteiger partial charge on any atom is 0.317 e. The van der Waals surface area contributed by atoms with E-state index in [-0.39, 0.29) is 5.41 Å². The van der Waals surface area contributed by atoms with Crippen molar-refractivity contribution in [2.75, 3.05) is 0 Å². The Kier molecular flexibility index (Phi) is 3.36. The van der Waals surface area contributed by atoms with Crippen LogP contribution in [0, 0.1) is 5.41 Å². The molecule has 10 heavy (non-hydrogen) atoms. The highest BCUT2D eigenvalue weighted by Crippen LogP contribution is 2.24. The van der Waals surface area contributed by atoms with Crippen molar-refractivity contribution in [1.29, 1.82) is 0 Å². The zero-order chi connectivity index (χ0) is 8.36. The maximum atomic E-state index is 10.3. The second kappa shape index (κ2) is 3.37. The van der Waals surface area contributed by atoms with E-state index >= 15 is 0 Å². The number of hydrogen-bond acceptors (Lipinski definition) is 1. The summed E-state index contributed by atoms with van der Waals surface area (Å²) in [6.07, 6.45) is 0.655. The fraction of sp³-hybridized carbons (Fsp3) is 0.857. The summed E-state index contributed by atoms with van der Waals surface area (Å²) >= 11 is 3.08. The summed E-state index contributed by atoms with van der Waals surface area (Å²) in [5.41, 5.74) is 0.0759. The number of aliphatic carboxylic acids is 1. The van der Waals surface area contributed by atoms with E-state index in [1.165, 1.54) is 0 Å². The molecule has 0 rings (SSSR count). The number of rotatable bonds is 2. The lowest BCUT2D eigenvalue weighted by molar-refractivity contribution is -0.136. The minimum atomic E-state index is -0.782. The zero-order valence-corrected chi connectivity index (χ0v) is 8.10. The van der Waals surface area contributed by atoms with E-state index in [0.29, 0.717) is 6.42 Å². The number of carbonyl (C=O) groups is 1. The largest absolute Gasteiger partial charge is 0.480 e. The first-order valence-corrected chi connectivity index (χ1v) is 4.11. The van der Waals surface area contributed by atoms with E-state index in [9.17, 15) is 4.79 Å². The van der Waals surface area contributed by atoms with Gasteiger partial charge in [0.25, 0.3) is 0 Å². The molecule has 0 radical (unpaired) electrons. The Morgan fingerprint density at radius 3 is 2.10 bits per heavy atom. The van der Waals surface area contributed by atoms with Crippen LogP contribution < -0.4 is 0 Å². The Bertz CT molecular complexity index is 126. The van der Waals surface area contributed by atoms with Gasteiger partial charge in [0, 0.05) is 0 Å². The van der Waals surface area contributed by atoms with E-state index < -0.39 is 10.8 Å². The van der Waals surface area contributed by atoms with Crippen LogP contribution in [0.3, 0.4) is 0 Å². The highest BCUT2D eigenvalue weighted by molar-refractivity contribution is 9.10. The van der Waals surface area contributed by atoms with Gasteiger partial charge in [0.2, 0.25) is 0 Å². The van der Waals surface area contributed by atoms with Crippen molar-refractivity contribution in [3.63, 3.8) is 0 Å². The summed E-state index contributed by atoms with van der Waals surface area (Å²) in [6.45, 7) is 6.05. The number of alkyl halides is 1. The van der Waals surface area contributed by atoms with Crippen LogP contribution in [0.15, 0.2) is 0 Å². The molecule has 0 unspecified atom stereocenters. The van der Waals surface area contributed by atoms with Gasteiger partial charge in [-0.05, 0) is 11.8 Å². The predicted octanol–water partition coefficient (Wildman–Crippen LogP) is 2.27. The zero-order valence-electron chi connectivity index (χ0n) is 6.52. The molecule has 0 aliphatic rings. The molecule has 0 aromatic carbocycles. The monoisotopic (exact) mass is 208 g/mol. The molecule has 1 atom stereocenters. The van der Waals surface area contributed by atoms with Gasteiger partial charge in [-0.15, -0.1) is 0 Å². The van der Waals surface area contributed by atoms with Crippen LogP contribution in [0.5, 0.6) is 0 Å². The topological polar surface area (TPSA) is 37.3 Å². The fourth-order valence-electron chi connectivity index (χ4n) is 0.625. The molecule has 0 saturated heterocycles. The Balaban J connectivity index is 3.80. The van der Waals surface area contributed by atoms with Crippen LogP contribution in [0.4, 0.5) is 0 Å². The molecular formula is C7H13BrO2. The smallest absolute Gasteiger partial charge is 0.317 e. The summed E-state index contributed by atoms with van der Waals surface area (Å²) in [5.74, 6) is -0.782. The summed E-state index contributed by atoms with van der Waals surface area (Å²) in [6, 6.07) is 0. The van der Waals surface area contributed by atoms with Gasteiger partial charge in [0.1, 0.15) is 4.83 Å². The minimum absolute atomic E-state index is 0.0759. The van der Waals surface area contributed by atoms with Crippen molar-refractivity contribution in [2.24, 2.45) is 5.41 Å². The van der Waals surface area contributed by atoms with E-state index in [2.05, 4.69) is 15.9 Å². The first kappa shape index (κ1) is 9.95. The quantitative estimate of drug-likeness (QED) is 0.708. The minimum Gasteiger partial charge on any atom is -0.480 e. The van der Waals surface area contributed by atoms with E-state index in [1.54, 1.807) is 0 Å². The highest BCUT2D eigenvalue weighted by atomic mass is 79.9. The highest BCUT2D eigenvalue weighted by Gasteiger charge is 2.21. The number of hydrogen-bond donors (Lipinski definition) is 1. The number of carboxylic acids is 1. The van der Waals surface area contributed by atoms with Crippen LogP contribution in [0.2, 0.25) is 0 Å². The first-order valence-electron chi connectivity index (χ1n) is 3.20. The molecule has 3 heteroatoms. The van der Waals surface area contributed by atoms with Crippen LogP contribution in [-0.4, -0.2) is 15.9 Å². The van der Waals surface area contributed by atoms with Crippen molar-refractivity contribution >= 4 is 21.9 Å². The van der Waals surface area contributed by atoms with Gasteiger partial charge >= 0.3 is 5.97 Å². The second-order valence-electron chi connectivity index (χ2n) is 3.57. The van der Waals surface area contributed by atoms with Crippen LogP contribution >= 0.6 is 15.9 Å². The molecule has 60 valence electrons. The molecule has 0 spiro atoms. The van der Waals surface area contributed by atoms with Crippen molar-refractivity contribution in [3.8, 4) is 0 Å². The van der Waals surface area contributed by atoms with Gasteiger partial charge in [-0.25, -0.2) is 0 Å². The van der Waals surface area contributed by atoms with Crippen LogP contribution in [-0.2, 0) is 4.79 Å². The Morgan fingerprint density at radius 1 is 1.60 bits per heavy atom. The van der Waals surface area contributed by atoms with Gasteiger partial charge in [0.15, 0.2) is 0 Å². The Hall–Kier alpha value is -0.0500. The van der Waals surface area contributed by atoms with Crippen molar-refractivity contribution in [1.82, 2.24) is 0 Å². The van der Waals surface area contributed by atoms with Gasteiger partial charge in [-0.2, -0.15) is 0 Å². The molecule has 0 fully saturated rings. The predicted molar refractivity (Wildman–Crippen MR) is 44.4 cm³/mol. The second-order valence-corrected chi connectivity index (χ2v) is 4.68. The molecule has 0 aromatic rings. The first-order chi connectivity index (χ1) is 4.33. The molecular weight excluding hydrogens is 196 g/mol. The lowest BCUT2D eigenvalue weighted by Crippen LogP contribution is -2.20. The molecule has 1 N–H and O–H groups in total. The lowest BCUT2D eigenvalue weighted by Gasteiger charge is -2.19. The third-order valence-electron chi connectivity index (χ3n) is 1.06. The average molecular weight is 209 g/mol. The summed E-state index contributed by atoms with van der Waals surface area (Å²) < 4.78 is 0. The lowest BCUT2D eigenvalue weighted by atomic mass is 9.91. The molecule has 0 bridgehead atoms. The normalized spacial score (nSPS) is 14.8. The number of carboxylic acid groups (broad SMARTS) is 1. The molecule has 2 nitrogen and oxygen atoms in total. The third kappa shape index (κ3) is 4.79. The summed E-state index contributed by atoms with van der Waals surface area (Å²) in [5, 5.41) is 8.50. The standard InChI is InChI=1S/C7H13BrO2/c1-7(2,3)4-5(8)6(9)10/h5H,4H2,1-3H3,(H,9,10)/t5-/m1/s1. The molecule has 0 heterocycles. The van der Waals surface area contributed by atoms with Gasteiger partial charge < -0.3 is 5.11 Å². The van der Waals surface area contributed by atoms with Gasteiger partial charge in [-0.3, -0.25) is 4.79 Å². The van der Waals surface area contributed by atoms with Crippen molar-refractivity contribution in [3.05, 3.63) is 0 Å². The third-order valence-corrected chi connectivity index (χ3v) is 1.77. The van der Waals surface area contributed by atoms with Crippen LogP contribution in [0.1, 0.15) is 27.2 Å². The van der Waals surface area contributed by atoms with Gasteiger partial charge in [0.05, 0.1) is 0 Å². The van der Waals surface area contributed by atoms with Crippen LogP contribution in [0.25, 0.3) is 0 Å². The molecule has 0 aliphatic carbocycles. The fourth-order valence-corrected chi connectivity index (χ4v) is 1.60. The number of halogens is 1. The summed E-state index contributed by atoms with van der Waals surface area (Å²) in [4.78, 5) is 9.92. The van der Waals surface area contributed by atoms with E-state index in [1.807, 2.05) is 20.8 Å². The van der Waals surface area contributed by atoms with E-state index in [4.69, 9.17) is 5.11 Å². The molecule has 0 amide bonds. The summed E-state index contributed by atoms with van der Waals surface area (Å²) in [7, 11) is 0. The van der Waals surface area contributed by atoms with Gasteiger partial charge in [-0.1, -0.05) is 36.7 Å². The molecule has 0 aromatic heterocycles. The Labute approximate surface area is 69.8 Å².